The Hall–Kier alpha value is -0.634. The summed E-state index contributed by atoms with van der Waals surface area (Å²) in [4.78, 5) is 16.5. The smallest absolute Gasteiger partial charge is 0.554 e. The van der Waals surface area contributed by atoms with Crippen LogP contribution in [0.3, 0.4) is 0 Å². The molecule has 0 spiro atoms. The van der Waals surface area contributed by atoms with Crippen LogP contribution in [0.2, 0.25) is 0 Å². The molecule has 0 aliphatic rings. The Bertz CT molecular complexity index is 32.0. The van der Waals surface area contributed by atoms with E-state index in [2.05, 4.69) is 0 Å². The van der Waals surface area contributed by atoms with Crippen molar-refractivity contribution in [1.82, 2.24) is 0 Å². The van der Waals surface area contributed by atoms with E-state index in [4.69, 9.17) is 19.8 Å². The molecule has 0 aromatic rings. The summed E-state index contributed by atoms with van der Waals surface area (Å²) in [6.45, 7) is -1.00. The van der Waals surface area contributed by atoms with E-state index in [1.165, 1.54) is 0 Å². The van der Waals surface area contributed by atoms with Crippen molar-refractivity contribution < 1.29 is 47.5 Å². The summed E-state index contributed by atoms with van der Waals surface area (Å²) in [6.07, 6.45) is 0. The molecule has 7 heteroatoms. The van der Waals surface area contributed by atoms with Gasteiger partial charge in [-0.25, -0.2) is 0 Å². The normalized spacial score (nSPS) is 2.67. The van der Waals surface area contributed by atoms with Gasteiger partial charge in [0, 0.05) is 12.9 Å². The van der Waals surface area contributed by atoms with E-state index in [0.29, 0.717) is 0 Å². The van der Waals surface area contributed by atoms with E-state index in [-0.39, 0.29) is 27.7 Å². The van der Waals surface area contributed by atoms with Gasteiger partial charge in [-0.15, -0.1) is 0 Å². The minimum atomic E-state index is -0.500. The third-order valence-corrected chi connectivity index (χ3v) is 0. The summed E-state index contributed by atoms with van der Waals surface area (Å²) in [5.41, 5.74) is 0. The quantitative estimate of drug-likeness (QED) is 0.348. The molecule has 1 radical (unpaired) electrons. The van der Waals surface area contributed by atoms with Gasteiger partial charge in [0.15, 0.2) is 0 Å². The molecule has 0 bridgehead atoms. The van der Waals surface area contributed by atoms with E-state index in [1.54, 1.807) is 0 Å². The topological polar surface area (TPSA) is 143 Å². The van der Waals surface area contributed by atoms with Gasteiger partial charge >= 0.3 is 16.8 Å². The van der Waals surface area contributed by atoms with Gasteiger partial charge in [-0.3, -0.25) is 0 Å². The maximum atomic E-state index is 8.25. The summed E-state index contributed by atoms with van der Waals surface area (Å²) < 4.78 is 0. The maximum absolute atomic E-state index is 8.25. The Morgan fingerprint density at radius 3 is 0.889 bits per heavy atom. The van der Waals surface area contributed by atoms with E-state index in [0.717, 1.165) is 0 Å². The first-order chi connectivity index (χ1) is 2.83. The number of hydrogen-bond acceptors (Lipinski definition) is 4. The monoisotopic (exact) mass is 185 g/mol. The zero-order valence-electron chi connectivity index (χ0n) is 4.12. The fourth-order valence-corrected chi connectivity index (χ4v) is 0. The van der Waals surface area contributed by atoms with Crippen LogP contribution in [0.5, 0.6) is 0 Å². The Morgan fingerprint density at radius 2 is 0.889 bits per heavy atom. The van der Waals surface area contributed by atoms with Crippen LogP contribution in [0.25, 0.3) is 0 Å². The second-order valence-corrected chi connectivity index (χ2v) is 0.192. The number of rotatable bonds is 0. The molecule has 0 amide bonds. The van der Waals surface area contributed by atoms with Gasteiger partial charge in [0.2, 0.25) is 0 Å². The summed E-state index contributed by atoms with van der Waals surface area (Å²) in [5, 5.41) is 16.5. The molecule has 6 nitrogen and oxygen atoms in total. The van der Waals surface area contributed by atoms with Crippen LogP contribution >= 0.6 is 0 Å². The first-order valence-electron chi connectivity index (χ1n) is 0.943. The molecular formula is C2H6CoO6. The maximum Gasteiger partial charge on any atom is 2.00 e. The SMILES string of the molecule is O.O.O=C[O-].O=C[O-].[Co+2]. The fraction of sp³-hybridized carbons (Fsp3) is 0. The minimum absolute atomic E-state index is 0. The number of carboxylic acid groups (broad SMARTS) is 2. The average molecular weight is 185 g/mol. The summed E-state index contributed by atoms with van der Waals surface area (Å²) in [7, 11) is 0. The standard InChI is InChI=1S/2CH2O2.Co.2H2O/c2*2-1-3;;;/h2*1H,(H,2,3);;2*1H2/q;;+2;;/p-2. The molecule has 0 saturated heterocycles. The molecule has 9 heavy (non-hydrogen) atoms. The predicted octanol–water partition coefficient (Wildman–Crippen LogP) is -4.92. The summed E-state index contributed by atoms with van der Waals surface area (Å²) in [6, 6.07) is 0. The molecule has 4 N–H and O–H groups in total. The van der Waals surface area contributed by atoms with Crippen LogP contribution < -0.4 is 10.2 Å². The van der Waals surface area contributed by atoms with Crippen LogP contribution in [0.4, 0.5) is 0 Å². The Kier molecular flexibility index (Phi) is 712. The first kappa shape index (κ1) is 40.1. The van der Waals surface area contributed by atoms with Crippen molar-refractivity contribution in [2.75, 3.05) is 0 Å². The Morgan fingerprint density at radius 1 is 0.889 bits per heavy atom. The fourth-order valence-electron chi connectivity index (χ4n) is 0. The molecule has 0 aromatic carbocycles. The van der Waals surface area contributed by atoms with Crippen molar-refractivity contribution in [2.45, 2.75) is 0 Å². The minimum Gasteiger partial charge on any atom is -0.554 e. The number of carbonyl (C=O) groups excluding carboxylic acids is 2. The van der Waals surface area contributed by atoms with Gasteiger partial charge in [0.05, 0.1) is 0 Å². The second kappa shape index (κ2) is 160. The van der Waals surface area contributed by atoms with Crippen LogP contribution in [0.1, 0.15) is 0 Å². The molecule has 0 aliphatic heterocycles. The van der Waals surface area contributed by atoms with E-state index in [1.807, 2.05) is 0 Å². The van der Waals surface area contributed by atoms with Gasteiger partial charge in [0.25, 0.3) is 0 Å². The van der Waals surface area contributed by atoms with E-state index in [9.17, 15) is 0 Å². The van der Waals surface area contributed by atoms with E-state index >= 15 is 0 Å². The van der Waals surface area contributed by atoms with Gasteiger partial charge in [-0.05, 0) is 0 Å². The second-order valence-electron chi connectivity index (χ2n) is 0.192. The van der Waals surface area contributed by atoms with Gasteiger partial charge in [-0.2, -0.15) is 0 Å². The third-order valence-electron chi connectivity index (χ3n) is 0. The summed E-state index contributed by atoms with van der Waals surface area (Å²) >= 11 is 0. The largest absolute Gasteiger partial charge is 2.00 e. The summed E-state index contributed by atoms with van der Waals surface area (Å²) in [5.74, 6) is 0. The van der Waals surface area contributed by atoms with Crippen LogP contribution in [0, 0.1) is 0 Å². The van der Waals surface area contributed by atoms with Crippen molar-refractivity contribution >= 4 is 12.9 Å². The Labute approximate surface area is 61.3 Å². The van der Waals surface area contributed by atoms with Crippen molar-refractivity contribution in [2.24, 2.45) is 0 Å². The predicted molar refractivity (Wildman–Crippen MR) is 19.4 cm³/mol. The molecule has 0 rings (SSSR count). The molecule has 0 aromatic heterocycles. The molecule has 0 unspecified atom stereocenters. The molecular weight excluding hydrogens is 179 g/mol. The molecule has 0 aliphatic carbocycles. The number of hydrogen-bond donors (Lipinski definition) is 0. The van der Waals surface area contributed by atoms with Crippen LogP contribution in [-0.4, -0.2) is 23.9 Å². The third kappa shape index (κ3) is 529. The van der Waals surface area contributed by atoms with Gasteiger partial charge < -0.3 is 30.8 Å². The van der Waals surface area contributed by atoms with Gasteiger partial charge in [0.1, 0.15) is 0 Å². The average Bonchev–Trinajstić information content (AvgIpc) is 1.39. The van der Waals surface area contributed by atoms with Crippen molar-refractivity contribution in [3.8, 4) is 0 Å². The molecule has 59 valence electrons. The zero-order chi connectivity index (χ0) is 5.41. The van der Waals surface area contributed by atoms with Crippen LogP contribution in [-0.2, 0) is 26.4 Å². The van der Waals surface area contributed by atoms with Crippen molar-refractivity contribution in [3.63, 3.8) is 0 Å². The van der Waals surface area contributed by atoms with Crippen molar-refractivity contribution in [1.29, 1.82) is 0 Å². The van der Waals surface area contributed by atoms with Gasteiger partial charge in [-0.1, -0.05) is 0 Å². The molecule has 0 atom stereocenters. The molecule has 0 saturated carbocycles. The van der Waals surface area contributed by atoms with E-state index < -0.39 is 12.9 Å². The van der Waals surface area contributed by atoms with Crippen molar-refractivity contribution in [3.05, 3.63) is 0 Å². The zero-order valence-corrected chi connectivity index (χ0v) is 5.16. The first-order valence-corrected chi connectivity index (χ1v) is 0.943. The Balaban J connectivity index is -0.00000000889. The molecule has 0 heterocycles. The molecule has 0 fully saturated rings. The number of carbonyl (C=O) groups is 2. The van der Waals surface area contributed by atoms with Crippen LogP contribution in [0.15, 0.2) is 0 Å².